The number of benzene rings is 2. The SMILES string of the molecule is O=[N+]([O-])c1ccccc1Cc1cccc2c1CC=C2. The van der Waals surface area contributed by atoms with Crippen LogP contribution in [0, 0.1) is 10.1 Å². The quantitative estimate of drug-likeness (QED) is 0.615. The first-order chi connectivity index (χ1) is 9.25. The average Bonchev–Trinajstić information content (AvgIpc) is 2.88. The van der Waals surface area contributed by atoms with E-state index in [0.717, 1.165) is 12.0 Å². The van der Waals surface area contributed by atoms with Crippen molar-refractivity contribution in [3.05, 3.63) is 80.9 Å². The van der Waals surface area contributed by atoms with Crippen molar-refractivity contribution in [2.24, 2.45) is 0 Å². The van der Waals surface area contributed by atoms with Crippen LogP contribution < -0.4 is 0 Å². The van der Waals surface area contributed by atoms with Crippen LogP contribution >= 0.6 is 0 Å². The fourth-order valence-electron chi connectivity index (χ4n) is 2.57. The molecule has 0 amide bonds. The van der Waals surface area contributed by atoms with E-state index in [1.807, 2.05) is 18.2 Å². The Morgan fingerprint density at radius 2 is 1.84 bits per heavy atom. The van der Waals surface area contributed by atoms with E-state index in [-0.39, 0.29) is 10.6 Å². The zero-order valence-electron chi connectivity index (χ0n) is 10.4. The normalized spacial score (nSPS) is 12.4. The molecule has 0 unspecified atom stereocenters. The van der Waals surface area contributed by atoms with Crippen molar-refractivity contribution in [1.29, 1.82) is 0 Å². The van der Waals surface area contributed by atoms with E-state index >= 15 is 0 Å². The molecule has 19 heavy (non-hydrogen) atoms. The number of allylic oxidation sites excluding steroid dienone is 1. The van der Waals surface area contributed by atoms with Crippen LogP contribution in [0.2, 0.25) is 0 Å². The Morgan fingerprint density at radius 3 is 2.68 bits per heavy atom. The molecule has 3 heteroatoms. The number of nitrogens with zero attached hydrogens (tertiary/aromatic N) is 1. The molecule has 2 aromatic rings. The molecular weight excluding hydrogens is 238 g/mol. The minimum absolute atomic E-state index is 0.200. The van der Waals surface area contributed by atoms with Crippen molar-refractivity contribution >= 4 is 11.8 Å². The molecule has 0 aliphatic heterocycles. The third-order valence-electron chi connectivity index (χ3n) is 3.50. The Hall–Kier alpha value is -2.42. The molecule has 1 aliphatic carbocycles. The second kappa shape index (κ2) is 4.69. The summed E-state index contributed by atoms with van der Waals surface area (Å²) in [6.07, 6.45) is 5.78. The monoisotopic (exact) mass is 251 g/mol. The molecule has 0 radical (unpaired) electrons. The van der Waals surface area contributed by atoms with Gasteiger partial charge in [0.05, 0.1) is 4.92 Å². The largest absolute Gasteiger partial charge is 0.272 e. The lowest BCUT2D eigenvalue weighted by atomic mass is 9.96. The molecule has 0 spiro atoms. The molecule has 3 rings (SSSR count). The number of nitro groups is 1. The highest BCUT2D eigenvalue weighted by molar-refractivity contribution is 5.62. The predicted octanol–water partition coefficient (Wildman–Crippen LogP) is 3.75. The highest BCUT2D eigenvalue weighted by Crippen LogP contribution is 2.27. The first-order valence-corrected chi connectivity index (χ1v) is 6.25. The van der Waals surface area contributed by atoms with Crippen LogP contribution in [-0.2, 0) is 12.8 Å². The first kappa shape index (κ1) is 11.7. The molecule has 3 nitrogen and oxygen atoms in total. The fourth-order valence-corrected chi connectivity index (χ4v) is 2.57. The topological polar surface area (TPSA) is 43.1 Å². The molecule has 0 saturated heterocycles. The van der Waals surface area contributed by atoms with E-state index in [4.69, 9.17) is 0 Å². The van der Waals surface area contributed by atoms with Crippen LogP contribution in [0.3, 0.4) is 0 Å². The lowest BCUT2D eigenvalue weighted by Gasteiger charge is -2.08. The summed E-state index contributed by atoms with van der Waals surface area (Å²) >= 11 is 0. The number of fused-ring (bicyclic) bond motifs is 1. The van der Waals surface area contributed by atoms with E-state index in [1.165, 1.54) is 16.7 Å². The average molecular weight is 251 g/mol. The second-order valence-corrected chi connectivity index (χ2v) is 4.65. The van der Waals surface area contributed by atoms with Gasteiger partial charge >= 0.3 is 0 Å². The van der Waals surface area contributed by atoms with Crippen molar-refractivity contribution in [2.45, 2.75) is 12.8 Å². The maximum Gasteiger partial charge on any atom is 0.272 e. The van der Waals surface area contributed by atoms with Crippen molar-refractivity contribution in [2.75, 3.05) is 0 Å². The lowest BCUT2D eigenvalue weighted by Crippen LogP contribution is -1.99. The number of nitro benzene ring substituents is 1. The van der Waals surface area contributed by atoms with Gasteiger partial charge < -0.3 is 0 Å². The van der Waals surface area contributed by atoms with Gasteiger partial charge in [0.25, 0.3) is 5.69 Å². The standard InChI is InChI=1S/C16H13NO2/c18-17(19)16-10-2-1-5-14(16)11-13-8-3-6-12-7-4-9-15(12)13/h1-8,10H,9,11H2. The second-order valence-electron chi connectivity index (χ2n) is 4.65. The maximum absolute atomic E-state index is 11.0. The smallest absolute Gasteiger partial charge is 0.258 e. The Kier molecular flexibility index (Phi) is 2.88. The zero-order chi connectivity index (χ0) is 13.2. The molecule has 0 saturated carbocycles. The van der Waals surface area contributed by atoms with Gasteiger partial charge in [0.15, 0.2) is 0 Å². The van der Waals surface area contributed by atoms with Gasteiger partial charge in [0.2, 0.25) is 0 Å². The minimum Gasteiger partial charge on any atom is -0.258 e. The van der Waals surface area contributed by atoms with Gasteiger partial charge in [-0.15, -0.1) is 0 Å². The van der Waals surface area contributed by atoms with Crippen LogP contribution in [0.4, 0.5) is 5.69 Å². The summed E-state index contributed by atoms with van der Waals surface area (Å²) in [5, 5.41) is 11.0. The predicted molar refractivity (Wildman–Crippen MR) is 75.1 cm³/mol. The molecule has 0 bridgehead atoms. The van der Waals surface area contributed by atoms with E-state index in [1.54, 1.807) is 12.1 Å². The van der Waals surface area contributed by atoms with Crippen LogP contribution in [0.15, 0.2) is 48.5 Å². The third-order valence-corrected chi connectivity index (χ3v) is 3.50. The van der Waals surface area contributed by atoms with E-state index in [9.17, 15) is 10.1 Å². The van der Waals surface area contributed by atoms with Crippen molar-refractivity contribution < 1.29 is 4.92 Å². The summed E-state index contributed by atoms with van der Waals surface area (Å²) in [6.45, 7) is 0. The summed E-state index contributed by atoms with van der Waals surface area (Å²) in [5.41, 5.74) is 4.67. The highest BCUT2D eigenvalue weighted by atomic mass is 16.6. The molecule has 1 aliphatic rings. The van der Waals surface area contributed by atoms with Crippen molar-refractivity contribution in [1.82, 2.24) is 0 Å². The molecule has 0 N–H and O–H groups in total. The third kappa shape index (κ3) is 2.15. The van der Waals surface area contributed by atoms with Crippen molar-refractivity contribution in [3.63, 3.8) is 0 Å². The molecule has 0 aromatic heterocycles. The van der Waals surface area contributed by atoms with Crippen LogP contribution in [-0.4, -0.2) is 4.92 Å². The first-order valence-electron chi connectivity index (χ1n) is 6.25. The van der Waals surface area contributed by atoms with Crippen LogP contribution in [0.1, 0.15) is 22.3 Å². The van der Waals surface area contributed by atoms with Crippen LogP contribution in [0.5, 0.6) is 0 Å². The van der Waals surface area contributed by atoms with Gasteiger partial charge in [-0.1, -0.05) is 48.6 Å². The Bertz CT molecular complexity index is 674. The van der Waals surface area contributed by atoms with E-state index in [0.29, 0.717) is 6.42 Å². The summed E-state index contributed by atoms with van der Waals surface area (Å²) < 4.78 is 0. The number of rotatable bonds is 3. The highest BCUT2D eigenvalue weighted by Gasteiger charge is 2.16. The van der Waals surface area contributed by atoms with Crippen molar-refractivity contribution in [3.8, 4) is 0 Å². The fraction of sp³-hybridized carbons (Fsp3) is 0.125. The molecule has 94 valence electrons. The van der Waals surface area contributed by atoms with Gasteiger partial charge in [-0.25, -0.2) is 0 Å². The Labute approximate surface area is 111 Å². The van der Waals surface area contributed by atoms with Gasteiger partial charge in [-0.05, 0) is 23.1 Å². The van der Waals surface area contributed by atoms with E-state index in [2.05, 4.69) is 24.3 Å². The number of para-hydroxylation sites is 1. The van der Waals surface area contributed by atoms with Gasteiger partial charge in [0.1, 0.15) is 0 Å². The summed E-state index contributed by atoms with van der Waals surface area (Å²) in [6, 6.07) is 13.1. The zero-order valence-corrected chi connectivity index (χ0v) is 10.4. The minimum atomic E-state index is -0.309. The van der Waals surface area contributed by atoms with Gasteiger partial charge in [-0.3, -0.25) is 10.1 Å². The molecule has 0 heterocycles. The summed E-state index contributed by atoms with van der Waals surface area (Å²) in [5.74, 6) is 0. The number of hydrogen-bond acceptors (Lipinski definition) is 2. The van der Waals surface area contributed by atoms with Gasteiger partial charge in [0, 0.05) is 18.1 Å². The van der Waals surface area contributed by atoms with Crippen LogP contribution in [0.25, 0.3) is 6.08 Å². The Morgan fingerprint density at radius 1 is 1.05 bits per heavy atom. The maximum atomic E-state index is 11.0. The number of hydrogen-bond donors (Lipinski definition) is 0. The summed E-state index contributed by atoms with van der Waals surface area (Å²) in [7, 11) is 0. The molecule has 0 atom stereocenters. The molecular formula is C16H13NO2. The molecule has 0 fully saturated rings. The molecule has 2 aromatic carbocycles. The van der Waals surface area contributed by atoms with E-state index < -0.39 is 0 Å². The van der Waals surface area contributed by atoms with Gasteiger partial charge in [-0.2, -0.15) is 0 Å². The lowest BCUT2D eigenvalue weighted by molar-refractivity contribution is -0.385. The Balaban J connectivity index is 1.99. The summed E-state index contributed by atoms with van der Waals surface area (Å²) in [4.78, 5) is 10.7.